The van der Waals surface area contributed by atoms with Crippen LogP contribution in [0.3, 0.4) is 0 Å². The number of hydrogen-bond acceptors (Lipinski definition) is 5. The molecule has 1 fully saturated rings. The summed E-state index contributed by atoms with van der Waals surface area (Å²) in [6, 6.07) is 1.81. The third kappa shape index (κ3) is 2.73. The van der Waals surface area contributed by atoms with Crippen LogP contribution in [0.25, 0.3) is 0 Å². The Morgan fingerprint density at radius 2 is 2.50 bits per heavy atom. The van der Waals surface area contributed by atoms with Gasteiger partial charge < -0.3 is 14.3 Å². The van der Waals surface area contributed by atoms with Gasteiger partial charge in [-0.1, -0.05) is 0 Å². The highest BCUT2D eigenvalue weighted by atomic mass is 16.5. The summed E-state index contributed by atoms with van der Waals surface area (Å²) in [6.45, 7) is 3.75. The quantitative estimate of drug-likeness (QED) is 0.804. The monoisotopic (exact) mass is 253 g/mol. The molecule has 1 N–H and O–H groups in total. The molecule has 1 saturated heterocycles. The van der Waals surface area contributed by atoms with E-state index in [2.05, 4.69) is 4.90 Å². The predicted molar refractivity (Wildman–Crippen MR) is 65.2 cm³/mol. The fourth-order valence-electron chi connectivity index (χ4n) is 2.35. The van der Waals surface area contributed by atoms with Gasteiger partial charge in [-0.3, -0.25) is 4.90 Å². The zero-order valence-electron chi connectivity index (χ0n) is 10.6. The number of carbonyl (C=O) groups excluding carboxylic acids is 1. The van der Waals surface area contributed by atoms with Crippen molar-refractivity contribution in [3.8, 4) is 0 Å². The average Bonchev–Trinajstić information content (AvgIpc) is 2.98. The van der Waals surface area contributed by atoms with Crippen LogP contribution < -0.4 is 0 Å². The van der Waals surface area contributed by atoms with Crippen LogP contribution in [0.2, 0.25) is 0 Å². The molecule has 2 rings (SSSR count). The molecule has 1 atom stereocenters. The van der Waals surface area contributed by atoms with Crippen LogP contribution >= 0.6 is 0 Å². The SMILES string of the molecule is CCOC(=O)c1ccoc1CN1CCCC1CO. The number of aliphatic hydroxyl groups is 1. The molecule has 1 aromatic heterocycles. The fourth-order valence-corrected chi connectivity index (χ4v) is 2.35. The average molecular weight is 253 g/mol. The minimum atomic E-state index is -0.346. The maximum absolute atomic E-state index is 11.7. The van der Waals surface area contributed by atoms with Gasteiger partial charge in [0.15, 0.2) is 0 Å². The molecule has 1 aliphatic rings. The van der Waals surface area contributed by atoms with Crippen LogP contribution in [-0.2, 0) is 11.3 Å². The van der Waals surface area contributed by atoms with E-state index in [0.717, 1.165) is 19.4 Å². The second-order valence-corrected chi connectivity index (χ2v) is 4.43. The zero-order valence-corrected chi connectivity index (χ0v) is 10.6. The maximum Gasteiger partial charge on any atom is 0.341 e. The number of carbonyl (C=O) groups is 1. The predicted octanol–water partition coefficient (Wildman–Crippen LogP) is 1.41. The Balaban J connectivity index is 2.05. The highest BCUT2D eigenvalue weighted by molar-refractivity contribution is 5.90. The Hall–Kier alpha value is -1.33. The summed E-state index contributed by atoms with van der Waals surface area (Å²) in [4.78, 5) is 13.8. The molecule has 0 aliphatic carbocycles. The molecule has 5 heteroatoms. The van der Waals surface area contributed by atoms with Crippen molar-refractivity contribution < 1.29 is 19.1 Å². The van der Waals surface area contributed by atoms with Crippen molar-refractivity contribution >= 4 is 5.97 Å². The molecule has 1 aromatic rings. The molecule has 2 heterocycles. The number of aliphatic hydroxyl groups excluding tert-OH is 1. The maximum atomic E-state index is 11.7. The van der Waals surface area contributed by atoms with Gasteiger partial charge in [0.05, 0.1) is 26.0 Å². The van der Waals surface area contributed by atoms with Crippen LogP contribution in [0.5, 0.6) is 0 Å². The van der Waals surface area contributed by atoms with Crippen LogP contribution in [0.1, 0.15) is 35.9 Å². The Labute approximate surface area is 106 Å². The summed E-state index contributed by atoms with van der Waals surface area (Å²) in [5, 5.41) is 9.26. The number of likely N-dealkylation sites (tertiary alicyclic amines) is 1. The zero-order chi connectivity index (χ0) is 13.0. The number of rotatable bonds is 5. The van der Waals surface area contributed by atoms with Crippen LogP contribution in [0.15, 0.2) is 16.7 Å². The summed E-state index contributed by atoms with van der Waals surface area (Å²) in [5.74, 6) is 0.273. The number of furan rings is 1. The van der Waals surface area contributed by atoms with Crippen molar-refractivity contribution in [2.75, 3.05) is 19.8 Å². The molecule has 18 heavy (non-hydrogen) atoms. The van der Waals surface area contributed by atoms with Crippen molar-refractivity contribution in [3.63, 3.8) is 0 Å². The number of hydrogen-bond donors (Lipinski definition) is 1. The van der Waals surface area contributed by atoms with E-state index in [-0.39, 0.29) is 18.6 Å². The van der Waals surface area contributed by atoms with Crippen molar-refractivity contribution in [1.29, 1.82) is 0 Å². The van der Waals surface area contributed by atoms with Crippen molar-refractivity contribution in [2.45, 2.75) is 32.4 Å². The third-order valence-electron chi connectivity index (χ3n) is 3.30. The van der Waals surface area contributed by atoms with Gasteiger partial charge in [0, 0.05) is 6.04 Å². The lowest BCUT2D eigenvalue weighted by atomic mass is 10.2. The van der Waals surface area contributed by atoms with E-state index in [9.17, 15) is 9.90 Å². The molecule has 5 nitrogen and oxygen atoms in total. The van der Waals surface area contributed by atoms with E-state index in [1.165, 1.54) is 6.26 Å². The largest absolute Gasteiger partial charge is 0.467 e. The number of esters is 1. The summed E-state index contributed by atoms with van der Waals surface area (Å²) in [6.07, 6.45) is 3.57. The van der Waals surface area contributed by atoms with E-state index in [4.69, 9.17) is 9.15 Å². The van der Waals surface area contributed by atoms with Gasteiger partial charge >= 0.3 is 5.97 Å². The first-order valence-electron chi connectivity index (χ1n) is 6.34. The van der Waals surface area contributed by atoms with E-state index < -0.39 is 0 Å². The first-order chi connectivity index (χ1) is 8.76. The van der Waals surface area contributed by atoms with E-state index in [1.54, 1.807) is 13.0 Å². The molecular weight excluding hydrogens is 234 g/mol. The van der Waals surface area contributed by atoms with Gasteiger partial charge in [0.1, 0.15) is 11.3 Å². The first-order valence-corrected chi connectivity index (χ1v) is 6.34. The van der Waals surface area contributed by atoms with Crippen LogP contribution in [0.4, 0.5) is 0 Å². The second-order valence-electron chi connectivity index (χ2n) is 4.43. The summed E-state index contributed by atoms with van der Waals surface area (Å²) in [7, 11) is 0. The Morgan fingerprint density at radius 1 is 1.67 bits per heavy atom. The molecule has 1 unspecified atom stereocenters. The molecule has 0 aromatic carbocycles. The molecule has 0 saturated carbocycles. The molecule has 0 spiro atoms. The number of nitrogens with zero attached hydrogens (tertiary/aromatic N) is 1. The van der Waals surface area contributed by atoms with Gasteiger partial charge in [-0.25, -0.2) is 4.79 Å². The molecule has 0 bridgehead atoms. The summed E-state index contributed by atoms with van der Waals surface area (Å²) >= 11 is 0. The standard InChI is InChI=1S/C13H19NO4/c1-2-17-13(16)11-5-7-18-12(11)8-14-6-3-4-10(14)9-15/h5,7,10,15H,2-4,6,8-9H2,1H3. The second kappa shape index (κ2) is 6.02. The van der Waals surface area contributed by atoms with Gasteiger partial charge in [-0.2, -0.15) is 0 Å². The first kappa shape index (κ1) is 13.1. The number of ether oxygens (including phenoxy) is 1. The smallest absolute Gasteiger partial charge is 0.341 e. The minimum absolute atomic E-state index is 0.148. The van der Waals surface area contributed by atoms with E-state index >= 15 is 0 Å². The molecular formula is C13H19NO4. The van der Waals surface area contributed by atoms with E-state index in [1.807, 2.05) is 0 Å². The molecule has 0 radical (unpaired) electrons. The van der Waals surface area contributed by atoms with Gasteiger partial charge in [-0.15, -0.1) is 0 Å². The highest BCUT2D eigenvalue weighted by Gasteiger charge is 2.26. The van der Waals surface area contributed by atoms with E-state index in [0.29, 0.717) is 24.5 Å². The van der Waals surface area contributed by atoms with Gasteiger partial charge in [0.2, 0.25) is 0 Å². The minimum Gasteiger partial charge on any atom is -0.467 e. The Bertz CT molecular complexity index is 401. The van der Waals surface area contributed by atoms with Crippen LogP contribution in [-0.4, -0.2) is 41.8 Å². The fraction of sp³-hybridized carbons (Fsp3) is 0.615. The molecule has 1 aliphatic heterocycles. The Kier molecular flexibility index (Phi) is 4.38. The van der Waals surface area contributed by atoms with Gasteiger partial charge in [0.25, 0.3) is 0 Å². The molecule has 0 amide bonds. The van der Waals surface area contributed by atoms with Gasteiger partial charge in [-0.05, 0) is 32.4 Å². The Morgan fingerprint density at radius 3 is 3.22 bits per heavy atom. The van der Waals surface area contributed by atoms with Crippen molar-refractivity contribution in [2.24, 2.45) is 0 Å². The lowest BCUT2D eigenvalue weighted by molar-refractivity contribution is 0.0521. The van der Waals surface area contributed by atoms with Crippen LogP contribution in [0, 0.1) is 0 Å². The lowest BCUT2D eigenvalue weighted by Crippen LogP contribution is -2.32. The molecule has 100 valence electrons. The highest BCUT2D eigenvalue weighted by Crippen LogP contribution is 2.22. The third-order valence-corrected chi connectivity index (χ3v) is 3.30. The lowest BCUT2D eigenvalue weighted by Gasteiger charge is -2.21. The topological polar surface area (TPSA) is 62.9 Å². The van der Waals surface area contributed by atoms with Crippen molar-refractivity contribution in [1.82, 2.24) is 4.90 Å². The summed E-state index contributed by atoms with van der Waals surface area (Å²) in [5.41, 5.74) is 0.487. The normalized spacial score (nSPS) is 20.2. The van der Waals surface area contributed by atoms with Crippen molar-refractivity contribution in [3.05, 3.63) is 23.7 Å². The summed E-state index contributed by atoms with van der Waals surface area (Å²) < 4.78 is 10.3.